The molecule has 2 aromatic rings. The predicted molar refractivity (Wildman–Crippen MR) is 52.7 cm³/mol. The molecule has 0 fully saturated rings. The molecule has 0 aliphatic rings. The van der Waals surface area contributed by atoms with Gasteiger partial charge >= 0.3 is 12.0 Å². The number of carbonyl (C=O) groups is 2. The summed E-state index contributed by atoms with van der Waals surface area (Å²) in [6.07, 6.45) is 0.969. The topological polar surface area (TPSA) is 118 Å². The van der Waals surface area contributed by atoms with Crippen LogP contribution in [0.2, 0.25) is 0 Å². The zero-order chi connectivity index (χ0) is 12.4. The highest BCUT2D eigenvalue weighted by Crippen LogP contribution is 2.10. The molecule has 88 valence electrons. The third-order valence-corrected chi connectivity index (χ3v) is 1.82. The smallest absolute Gasteiger partial charge is 0.338 e. The van der Waals surface area contributed by atoms with Crippen LogP contribution in [0.4, 0.5) is 6.01 Å². The van der Waals surface area contributed by atoms with Crippen LogP contribution in [0.25, 0.3) is 0 Å². The summed E-state index contributed by atoms with van der Waals surface area (Å²) in [5, 5.41) is 14.4. The lowest BCUT2D eigenvalue weighted by Crippen LogP contribution is -2.11. The first-order valence-corrected chi connectivity index (χ1v) is 4.50. The van der Waals surface area contributed by atoms with Crippen LogP contribution in [0.5, 0.6) is 0 Å². The molecule has 0 unspecified atom stereocenters. The summed E-state index contributed by atoms with van der Waals surface area (Å²) >= 11 is 0. The van der Waals surface area contributed by atoms with Crippen molar-refractivity contribution in [2.45, 2.75) is 6.92 Å². The van der Waals surface area contributed by atoms with E-state index in [9.17, 15) is 9.59 Å². The maximum absolute atomic E-state index is 11.5. The molecule has 8 nitrogen and oxygen atoms in total. The van der Waals surface area contributed by atoms with Gasteiger partial charge in [-0.2, -0.15) is 4.98 Å². The fourth-order valence-electron chi connectivity index (χ4n) is 1.07. The van der Waals surface area contributed by atoms with E-state index < -0.39 is 11.9 Å². The van der Waals surface area contributed by atoms with Gasteiger partial charge in [0.1, 0.15) is 6.26 Å². The van der Waals surface area contributed by atoms with Crippen molar-refractivity contribution < 1.29 is 23.6 Å². The Morgan fingerprint density at radius 1 is 1.47 bits per heavy atom. The number of carboxylic acid groups (broad SMARTS) is 1. The highest BCUT2D eigenvalue weighted by atomic mass is 16.5. The maximum Gasteiger partial charge on any atom is 0.338 e. The van der Waals surface area contributed by atoms with Crippen molar-refractivity contribution >= 4 is 17.9 Å². The van der Waals surface area contributed by atoms with E-state index in [4.69, 9.17) is 9.52 Å². The molecule has 0 saturated carbocycles. The molecule has 2 heterocycles. The van der Waals surface area contributed by atoms with Gasteiger partial charge in [0.25, 0.3) is 5.91 Å². The quantitative estimate of drug-likeness (QED) is 0.814. The number of anilines is 1. The molecule has 0 saturated heterocycles. The molecule has 8 heteroatoms. The SMILES string of the molecule is Cc1noc(NC(=O)c2cc(C(=O)O)co2)n1. The second kappa shape index (κ2) is 4.08. The van der Waals surface area contributed by atoms with Crippen molar-refractivity contribution in [3.63, 3.8) is 0 Å². The molecular weight excluding hydrogens is 230 g/mol. The Balaban J connectivity index is 2.11. The van der Waals surface area contributed by atoms with E-state index in [1.807, 2.05) is 0 Å². The van der Waals surface area contributed by atoms with Crippen LogP contribution in [0, 0.1) is 6.92 Å². The Hall–Kier alpha value is -2.64. The number of furan rings is 1. The zero-order valence-electron chi connectivity index (χ0n) is 8.63. The summed E-state index contributed by atoms with van der Waals surface area (Å²) in [7, 11) is 0. The Bertz CT molecular complexity index is 571. The number of aromatic carboxylic acids is 1. The number of aryl methyl sites for hydroxylation is 1. The lowest BCUT2D eigenvalue weighted by molar-refractivity contribution is 0.0696. The molecule has 2 rings (SSSR count). The van der Waals surface area contributed by atoms with Crippen molar-refractivity contribution in [3.8, 4) is 0 Å². The zero-order valence-corrected chi connectivity index (χ0v) is 8.63. The minimum atomic E-state index is -1.18. The van der Waals surface area contributed by atoms with Crippen molar-refractivity contribution in [1.29, 1.82) is 0 Å². The minimum Gasteiger partial charge on any atom is -0.478 e. The number of hydrogen-bond donors (Lipinski definition) is 2. The summed E-state index contributed by atoms with van der Waals surface area (Å²) < 4.78 is 9.44. The number of carboxylic acids is 1. The van der Waals surface area contributed by atoms with Crippen molar-refractivity contribution in [2.24, 2.45) is 0 Å². The van der Waals surface area contributed by atoms with Gasteiger partial charge in [0.15, 0.2) is 11.6 Å². The Morgan fingerprint density at radius 2 is 2.24 bits per heavy atom. The van der Waals surface area contributed by atoms with Gasteiger partial charge in [-0.1, -0.05) is 5.16 Å². The van der Waals surface area contributed by atoms with Crippen LogP contribution in [-0.4, -0.2) is 27.1 Å². The molecule has 1 amide bonds. The van der Waals surface area contributed by atoms with Crippen LogP contribution < -0.4 is 5.32 Å². The first kappa shape index (κ1) is 10.9. The second-order valence-electron chi connectivity index (χ2n) is 3.11. The van der Waals surface area contributed by atoms with Crippen LogP contribution in [-0.2, 0) is 0 Å². The van der Waals surface area contributed by atoms with Gasteiger partial charge in [0.05, 0.1) is 5.56 Å². The van der Waals surface area contributed by atoms with Gasteiger partial charge in [-0.3, -0.25) is 10.1 Å². The summed E-state index contributed by atoms with van der Waals surface area (Å²) in [4.78, 5) is 25.9. The second-order valence-corrected chi connectivity index (χ2v) is 3.11. The average Bonchev–Trinajstić information content (AvgIpc) is 2.86. The lowest BCUT2D eigenvalue weighted by atomic mass is 10.3. The lowest BCUT2D eigenvalue weighted by Gasteiger charge is -1.94. The fourth-order valence-corrected chi connectivity index (χ4v) is 1.07. The van der Waals surface area contributed by atoms with Crippen LogP contribution >= 0.6 is 0 Å². The third kappa shape index (κ3) is 2.30. The molecule has 0 aliphatic heterocycles. The van der Waals surface area contributed by atoms with Gasteiger partial charge in [-0.15, -0.1) is 0 Å². The number of amides is 1. The van der Waals surface area contributed by atoms with Gasteiger partial charge < -0.3 is 14.0 Å². The molecule has 0 atom stereocenters. The Morgan fingerprint density at radius 3 is 2.76 bits per heavy atom. The van der Waals surface area contributed by atoms with Crippen molar-refractivity contribution in [3.05, 3.63) is 29.5 Å². The molecule has 0 spiro atoms. The van der Waals surface area contributed by atoms with E-state index in [2.05, 4.69) is 20.0 Å². The normalized spacial score (nSPS) is 10.2. The van der Waals surface area contributed by atoms with E-state index in [0.29, 0.717) is 5.82 Å². The number of rotatable bonds is 3. The largest absolute Gasteiger partial charge is 0.478 e. The summed E-state index contributed by atoms with van der Waals surface area (Å²) in [5.41, 5.74) is -0.114. The summed E-state index contributed by atoms with van der Waals surface area (Å²) in [6.45, 7) is 1.59. The Kier molecular flexibility index (Phi) is 2.61. The number of aromatic nitrogens is 2. The molecule has 17 heavy (non-hydrogen) atoms. The number of hydrogen-bond acceptors (Lipinski definition) is 6. The fraction of sp³-hybridized carbons (Fsp3) is 0.111. The molecular formula is C9H7N3O5. The predicted octanol–water partition coefficient (Wildman–Crippen LogP) is 0.922. The first-order chi connectivity index (χ1) is 8.06. The first-order valence-electron chi connectivity index (χ1n) is 4.50. The van der Waals surface area contributed by atoms with Gasteiger partial charge in [0.2, 0.25) is 0 Å². The molecule has 0 aliphatic carbocycles. The van der Waals surface area contributed by atoms with E-state index in [1.165, 1.54) is 0 Å². The molecule has 2 N–H and O–H groups in total. The van der Waals surface area contributed by atoms with Crippen LogP contribution in [0.15, 0.2) is 21.3 Å². The summed E-state index contributed by atoms with van der Waals surface area (Å²) in [5.74, 6) is -1.63. The van der Waals surface area contributed by atoms with E-state index >= 15 is 0 Å². The molecule has 2 aromatic heterocycles. The highest BCUT2D eigenvalue weighted by molar-refractivity contribution is 6.02. The van der Waals surface area contributed by atoms with Crippen molar-refractivity contribution in [1.82, 2.24) is 10.1 Å². The van der Waals surface area contributed by atoms with E-state index in [1.54, 1.807) is 6.92 Å². The maximum atomic E-state index is 11.5. The summed E-state index contributed by atoms with van der Waals surface area (Å²) in [6, 6.07) is 1.02. The molecule has 0 bridgehead atoms. The third-order valence-electron chi connectivity index (χ3n) is 1.82. The minimum absolute atomic E-state index is 0.0826. The van der Waals surface area contributed by atoms with Crippen LogP contribution in [0.1, 0.15) is 26.7 Å². The average molecular weight is 237 g/mol. The Labute approximate surface area is 94.2 Å². The van der Waals surface area contributed by atoms with Crippen molar-refractivity contribution in [2.75, 3.05) is 5.32 Å². The monoisotopic (exact) mass is 237 g/mol. The van der Waals surface area contributed by atoms with Crippen LogP contribution in [0.3, 0.4) is 0 Å². The van der Waals surface area contributed by atoms with Gasteiger partial charge in [-0.05, 0) is 6.92 Å². The number of carbonyl (C=O) groups excluding carboxylic acids is 1. The standard InChI is InChI=1S/C9H7N3O5/c1-4-10-9(17-12-4)11-7(13)6-2-5(3-16-6)8(14)15/h2-3H,1H3,(H,14,15)(H,10,11,12,13). The highest BCUT2D eigenvalue weighted by Gasteiger charge is 2.16. The number of nitrogens with zero attached hydrogens (tertiary/aromatic N) is 2. The number of nitrogens with one attached hydrogen (secondary N) is 1. The van der Waals surface area contributed by atoms with E-state index in [-0.39, 0.29) is 17.3 Å². The van der Waals surface area contributed by atoms with E-state index in [0.717, 1.165) is 12.3 Å². The molecule has 0 radical (unpaired) electrons. The van der Waals surface area contributed by atoms with Gasteiger partial charge in [-0.25, -0.2) is 4.79 Å². The van der Waals surface area contributed by atoms with Gasteiger partial charge in [0, 0.05) is 6.07 Å². The molecule has 0 aromatic carbocycles.